The summed E-state index contributed by atoms with van der Waals surface area (Å²) in [7, 11) is 0. The van der Waals surface area contributed by atoms with Crippen molar-refractivity contribution in [2.24, 2.45) is 0 Å². The maximum atomic E-state index is 14.4. The standard InChI is InChI=1S/C23H11BrClF5N2O2S/c1-10-20(35-21-18(29)16(27)15(26)17(28)19(21)30)22(32(31-10)12-5-3-2-4-6-12)34-23(33)13-9-11(24)7-8-14(13)25/h2-9H,1H3. The van der Waals surface area contributed by atoms with E-state index in [1.165, 1.54) is 23.7 Å². The normalized spacial score (nSPS) is 11.1. The van der Waals surface area contributed by atoms with E-state index >= 15 is 0 Å². The Bertz CT molecular complexity index is 1440. The molecule has 0 saturated carbocycles. The average Bonchev–Trinajstić information content (AvgIpc) is 3.15. The molecule has 0 aliphatic carbocycles. The molecule has 0 saturated heterocycles. The second-order valence-corrected chi connectivity index (χ2v) is 9.33. The summed E-state index contributed by atoms with van der Waals surface area (Å²) in [4.78, 5) is 11.7. The third kappa shape index (κ3) is 4.80. The van der Waals surface area contributed by atoms with Crippen LogP contribution in [-0.4, -0.2) is 15.7 Å². The Balaban J connectivity index is 1.87. The summed E-state index contributed by atoms with van der Waals surface area (Å²) in [5.41, 5.74) is 0.473. The first-order valence-corrected chi connectivity index (χ1v) is 11.6. The lowest BCUT2D eigenvalue weighted by atomic mass is 10.2. The highest BCUT2D eigenvalue weighted by Crippen LogP contribution is 2.43. The number of hydrogen-bond acceptors (Lipinski definition) is 4. The fraction of sp³-hybridized carbons (Fsp3) is 0.0435. The van der Waals surface area contributed by atoms with E-state index in [2.05, 4.69) is 21.0 Å². The van der Waals surface area contributed by atoms with Gasteiger partial charge >= 0.3 is 5.97 Å². The SMILES string of the molecule is Cc1nn(-c2ccccc2)c(OC(=O)c2cc(Br)ccc2Cl)c1Sc1c(F)c(F)c(F)c(F)c1F. The number of nitrogens with zero attached hydrogens (tertiary/aromatic N) is 2. The molecule has 4 aromatic rings. The van der Waals surface area contributed by atoms with Crippen LogP contribution < -0.4 is 4.74 Å². The molecule has 0 unspecified atom stereocenters. The zero-order valence-electron chi connectivity index (χ0n) is 17.4. The molecule has 35 heavy (non-hydrogen) atoms. The summed E-state index contributed by atoms with van der Waals surface area (Å²) in [6, 6.07) is 12.7. The fourth-order valence-electron chi connectivity index (χ4n) is 3.02. The van der Waals surface area contributed by atoms with Crippen molar-refractivity contribution in [3.05, 3.63) is 98.4 Å². The number of halogens is 7. The van der Waals surface area contributed by atoms with Gasteiger partial charge in [-0.1, -0.05) is 57.5 Å². The molecule has 0 radical (unpaired) electrons. The monoisotopic (exact) mass is 588 g/mol. The molecule has 0 spiro atoms. The predicted molar refractivity (Wildman–Crippen MR) is 123 cm³/mol. The van der Waals surface area contributed by atoms with E-state index in [0.29, 0.717) is 10.2 Å². The molecular formula is C23H11BrClF5N2O2S. The number of hydrogen-bond donors (Lipinski definition) is 0. The van der Waals surface area contributed by atoms with Gasteiger partial charge in [0.1, 0.15) is 0 Å². The molecule has 4 nitrogen and oxygen atoms in total. The third-order valence-electron chi connectivity index (χ3n) is 4.68. The minimum Gasteiger partial charge on any atom is -0.402 e. The first kappa shape index (κ1) is 25.2. The van der Waals surface area contributed by atoms with E-state index in [1.54, 1.807) is 36.4 Å². The lowest BCUT2D eigenvalue weighted by Gasteiger charge is -2.12. The molecule has 0 fully saturated rings. The Hall–Kier alpha value is -2.89. The summed E-state index contributed by atoms with van der Waals surface area (Å²) >= 11 is 9.53. The highest BCUT2D eigenvalue weighted by Gasteiger charge is 2.30. The molecule has 0 N–H and O–H groups in total. The average molecular weight is 590 g/mol. The van der Waals surface area contributed by atoms with Crippen molar-refractivity contribution in [1.29, 1.82) is 0 Å². The van der Waals surface area contributed by atoms with Crippen molar-refractivity contribution in [2.45, 2.75) is 16.7 Å². The van der Waals surface area contributed by atoms with Gasteiger partial charge in [0.25, 0.3) is 0 Å². The summed E-state index contributed by atoms with van der Waals surface area (Å²) in [6.45, 7) is 1.43. The number of aryl methyl sites for hydroxylation is 1. The van der Waals surface area contributed by atoms with Gasteiger partial charge in [-0.3, -0.25) is 0 Å². The number of esters is 1. The van der Waals surface area contributed by atoms with Crippen molar-refractivity contribution in [3.63, 3.8) is 0 Å². The lowest BCUT2D eigenvalue weighted by Crippen LogP contribution is -2.13. The second-order valence-electron chi connectivity index (χ2n) is 6.98. The minimum absolute atomic E-state index is 0.0355. The van der Waals surface area contributed by atoms with E-state index < -0.39 is 40.0 Å². The van der Waals surface area contributed by atoms with Crippen LogP contribution >= 0.6 is 39.3 Å². The highest BCUT2D eigenvalue weighted by atomic mass is 79.9. The summed E-state index contributed by atoms with van der Waals surface area (Å²) in [6.07, 6.45) is 0. The maximum absolute atomic E-state index is 14.4. The van der Waals surface area contributed by atoms with Crippen LogP contribution in [0.4, 0.5) is 22.0 Å². The van der Waals surface area contributed by atoms with Crippen LogP contribution in [0, 0.1) is 36.0 Å². The van der Waals surface area contributed by atoms with Crippen LogP contribution in [0.15, 0.2) is 62.8 Å². The van der Waals surface area contributed by atoms with E-state index in [-0.39, 0.29) is 38.8 Å². The molecule has 0 aliphatic rings. The van der Waals surface area contributed by atoms with Crippen molar-refractivity contribution in [2.75, 3.05) is 0 Å². The van der Waals surface area contributed by atoms with Crippen molar-refractivity contribution in [3.8, 4) is 11.6 Å². The third-order valence-corrected chi connectivity index (χ3v) is 6.74. The van der Waals surface area contributed by atoms with Crippen LogP contribution in [0.5, 0.6) is 5.88 Å². The second kappa shape index (κ2) is 10.00. The highest BCUT2D eigenvalue weighted by molar-refractivity contribution is 9.10. The number of benzene rings is 3. The summed E-state index contributed by atoms with van der Waals surface area (Å²) < 4.78 is 77.1. The first-order valence-electron chi connectivity index (χ1n) is 9.61. The molecule has 3 aromatic carbocycles. The van der Waals surface area contributed by atoms with Crippen LogP contribution in [0.3, 0.4) is 0 Å². The zero-order chi connectivity index (χ0) is 25.4. The van der Waals surface area contributed by atoms with Crippen molar-refractivity contribution >= 4 is 45.3 Å². The van der Waals surface area contributed by atoms with E-state index in [9.17, 15) is 26.7 Å². The van der Waals surface area contributed by atoms with Gasteiger partial charge in [-0.15, -0.1) is 0 Å². The molecule has 12 heteroatoms. The summed E-state index contributed by atoms with van der Waals surface area (Å²) in [5.74, 6) is -11.8. The van der Waals surface area contributed by atoms with Gasteiger partial charge < -0.3 is 4.74 Å². The minimum atomic E-state index is -2.28. The van der Waals surface area contributed by atoms with E-state index in [1.807, 2.05) is 0 Å². The van der Waals surface area contributed by atoms with Crippen LogP contribution in [0.2, 0.25) is 5.02 Å². The summed E-state index contributed by atoms with van der Waals surface area (Å²) in [5, 5.41) is 4.32. The molecular weight excluding hydrogens is 579 g/mol. The van der Waals surface area contributed by atoms with E-state index in [0.717, 1.165) is 0 Å². The number of para-hydroxylation sites is 1. The van der Waals surface area contributed by atoms with Gasteiger partial charge in [-0.05, 0) is 37.3 Å². The van der Waals surface area contributed by atoms with Crippen molar-refractivity contribution < 1.29 is 31.5 Å². The largest absolute Gasteiger partial charge is 0.402 e. The Morgan fingerprint density at radius 3 is 2.17 bits per heavy atom. The Labute approximate surface area is 212 Å². The molecule has 1 heterocycles. The fourth-order valence-corrected chi connectivity index (χ4v) is 4.54. The molecule has 4 rings (SSSR count). The van der Waals surface area contributed by atoms with Crippen molar-refractivity contribution in [1.82, 2.24) is 9.78 Å². The zero-order valence-corrected chi connectivity index (χ0v) is 20.5. The van der Waals surface area contributed by atoms with Gasteiger partial charge in [-0.25, -0.2) is 26.7 Å². The maximum Gasteiger partial charge on any atom is 0.346 e. The molecule has 180 valence electrons. The number of rotatable bonds is 5. The van der Waals surface area contributed by atoms with Crippen LogP contribution in [0.25, 0.3) is 5.69 Å². The van der Waals surface area contributed by atoms with Gasteiger partial charge in [0.05, 0.1) is 31.8 Å². The Morgan fingerprint density at radius 2 is 1.54 bits per heavy atom. The quantitative estimate of drug-likeness (QED) is 0.104. The lowest BCUT2D eigenvalue weighted by molar-refractivity contribution is 0.0718. The van der Waals surface area contributed by atoms with Crippen LogP contribution in [0.1, 0.15) is 16.1 Å². The number of carbonyl (C=O) groups is 1. The number of carbonyl (C=O) groups excluding carboxylic acids is 1. The van der Waals surface area contributed by atoms with E-state index in [4.69, 9.17) is 16.3 Å². The number of aromatic nitrogens is 2. The first-order chi connectivity index (χ1) is 16.6. The molecule has 1 aromatic heterocycles. The molecule has 0 atom stereocenters. The predicted octanol–water partition coefficient (Wildman–Crippen LogP) is 7.66. The molecule has 0 bridgehead atoms. The van der Waals surface area contributed by atoms with Gasteiger partial charge in [0.15, 0.2) is 23.3 Å². The Kier molecular flexibility index (Phi) is 7.20. The number of ether oxygens (including phenoxy) is 1. The molecule has 0 amide bonds. The topological polar surface area (TPSA) is 44.1 Å². The van der Waals surface area contributed by atoms with Crippen LogP contribution in [-0.2, 0) is 0 Å². The van der Waals surface area contributed by atoms with Gasteiger partial charge in [0, 0.05) is 4.47 Å². The Morgan fingerprint density at radius 1 is 0.943 bits per heavy atom. The molecule has 0 aliphatic heterocycles. The van der Waals surface area contributed by atoms with Gasteiger partial charge in [0.2, 0.25) is 11.7 Å². The smallest absolute Gasteiger partial charge is 0.346 e. The van der Waals surface area contributed by atoms with Gasteiger partial charge in [-0.2, -0.15) is 9.78 Å².